The summed E-state index contributed by atoms with van der Waals surface area (Å²) in [6, 6.07) is 99.0. The molecule has 0 aromatic heterocycles. The molecule has 0 saturated carbocycles. The lowest BCUT2D eigenvalue weighted by Crippen LogP contribution is -2.28. The number of anilines is 3. The highest BCUT2D eigenvalue weighted by molar-refractivity contribution is 5.98. The SMILES string of the molecule is CC1(c2ccccc2)c2ccccc2-c2ccc(-c3ccccc3N(c3ccc(-c4cccc5ccccc45)cc3)c3ccc4c(c3)C(c3ccccc3)(c3ccccc3)c3ccccc3-4)cc21. The first-order chi connectivity index (χ1) is 33.6. The predicted molar refractivity (Wildman–Crippen MR) is 284 cm³/mol. The Morgan fingerprint density at radius 2 is 0.779 bits per heavy atom. The van der Waals surface area contributed by atoms with E-state index in [2.05, 4.69) is 279 Å². The smallest absolute Gasteiger partial charge is 0.0714 e. The second-order valence-corrected chi connectivity index (χ2v) is 18.5. The van der Waals surface area contributed by atoms with E-state index in [0.717, 1.165) is 17.1 Å². The summed E-state index contributed by atoms with van der Waals surface area (Å²) in [5.41, 5.74) is 21.4. The summed E-state index contributed by atoms with van der Waals surface area (Å²) in [5.74, 6) is 0. The molecule has 11 aromatic rings. The standard InChI is InChI=1S/C67H47N/c1-66(49-22-5-2-6-23-49)61-33-16-13-30-57(61)59-42-38-48(44-63(59)66)56-29-15-18-35-65(56)68(52-39-36-47(37-40-52)55-32-19-21-46-20-11-12-28-54(46)55)53-41-43-60-58-31-14-17-34-62(58)67(64(60)45-53,50-24-7-3-8-25-50)51-26-9-4-10-27-51/h2-45H,1H3. The molecule has 2 aliphatic rings. The molecule has 1 nitrogen and oxygen atoms in total. The lowest BCUT2D eigenvalue weighted by atomic mass is 9.67. The van der Waals surface area contributed by atoms with Crippen LogP contribution in [0.25, 0.3) is 55.3 Å². The molecule has 1 unspecified atom stereocenters. The zero-order valence-corrected chi connectivity index (χ0v) is 37.9. The van der Waals surface area contributed by atoms with Crippen LogP contribution in [0, 0.1) is 0 Å². The summed E-state index contributed by atoms with van der Waals surface area (Å²) < 4.78 is 0. The van der Waals surface area contributed by atoms with Crippen molar-refractivity contribution in [1.29, 1.82) is 0 Å². The van der Waals surface area contributed by atoms with Crippen LogP contribution in [0.5, 0.6) is 0 Å². The van der Waals surface area contributed by atoms with E-state index in [1.807, 2.05) is 0 Å². The van der Waals surface area contributed by atoms with Crippen LogP contribution in [-0.2, 0) is 10.8 Å². The number of fused-ring (bicyclic) bond motifs is 7. The zero-order chi connectivity index (χ0) is 45.2. The van der Waals surface area contributed by atoms with Crippen molar-refractivity contribution in [2.75, 3.05) is 4.90 Å². The molecule has 0 radical (unpaired) electrons. The Kier molecular flexibility index (Phi) is 9.27. The van der Waals surface area contributed by atoms with Crippen LogP contribution < -0.4 is 4.90 Å². The number of hydrogen-bond donors (Lipinski definition) is 0. The van der Waals surface area contributed by atoms with Crippen LogP contribution in [0.2, 0.25) is 0 Å². The maximum atomic E-state index is 2.49. The van der Waals surface area contributed by atoms with Crippen molar-refractivity contribution < 1.29 is 0 Å². The van der Waals surface area contributed by atoms with E-state index in [1.54, 1.807) is 0 Å². The van der Waals surface area contributed by atoms with Gasteiger partial charge in [0.1, 0.15) is 0 Å². The summed E-state index contributed by atoms with van der Waals surface area (Å²) in [7, 11) is 0. The second-order valence-electron chi connectivity index (χ2n) is 18.5. The quantitative estimate of drug-likeness (QED) is 0.147. The summed E-state index contributed by atoms with van der Waals surface area (Å²) in [5, 5.41) is 2.49. The van der Waals surface area contributed by atoms with Crippen LogP contribution >= 0.6 is 0 Å². The Balaban J connectivity index is 1.04. The first-order valence-electron chi connectivity index (χ1n) is 23.8. The molecule has 0 N–H and O–H groups in total. The Bertz CT molecular complexity index is 3640. The number of rotatable bonds is 8. The van der Waals surface area contributed by atoms with Crippen molar-refractivity contribution in [3.63, 3.8) is 0 Å². The molecule has 320 valence electrons. The van der Waals surface area contributed by atoms with Crippen LogP contribution in [-0.4, -0.2) is 0 Å². The van der Waals surface area contributed by atoms with E-state index in [9.17, 15) is 0 Å². The average molecular weight is 866 g/mol. The fourth-order valence-electron chi connectivity index (χ4n) is 11.9. The highest BCUT2D eigenvalue weighted by atomic mass is 15.1. The number of hydrogen-bond acceptors (Lipinski definition) is 1. The molecule has 68 heavy (non-hydrogen) atoms. The summed E-state index contributed by atoms with van der Waals surface area (Å²) in [6.07, 6.45) is 0. The summed E-state index contributed by atoms with van der Waals surface area (Å²) >= 11 is 0. The van der Waals surface area contributed by atoms with Gasteiger partial charge in [-0.15, -0.1) is 0 Å². The van der Waals surface area contributed by atoms with Gasteiger partial charge in [-0.2, -0.15) is 0 Å². The average Bonchev–Trinajstić information content (AvgIpc) is 3.86. The molecule has 0 aliphatic heterocycles. The zero-order valence-electron chi connectivity index (χ0n) is 37.9. The van der Waals surface area contributed by atoms with Gasteiger partial charge in [-0.1, -0.05) is 231 Å². The van der Waals surface area contributed by atoms with Crippen LogP contribution in [0.4, 0.5) is 17.1 Å². The molecule has 1 atom stereocenters. The summed E-state index contributed by atoms with van der Waals surface area (Å²) in [4.78, 5) is 2.49. The first kappa shape index (κ1) is 39.8. The van der Waals surface area contributed by atoms with Crippen molar-refractivity contribution >= 4 is 27.8 Å². The molecule has 0 bridgehead atoms. The number of para-hydroxylation sites is 1. The highest BCUT2D eigenvalue weighted by Gasteiger charge is 2.46. The van der Waals surface area contributed by atoms with E-state index < -0.39 is 5.41 Å². The van der Waals surface area contributed by atoms with E-state index in [-0.39, 0.29) is 5.41 Å². The fourth-order valence-corrected chi connectivity index (χ4v) is 11.9. The fraction of sp³-hybridized carbons (Fsp3) is 0.0448. The molecular weight excluding hydrogens is 819 g/mol. The van der Waals surface area contributed by atoms with Gasteiger partial charge in [-0.25, -0.2) is 0 Å². The molecule has 1 heteroatoms. The second kappa shape index (κ2) is 15.8. The normalized spacial score (nSPS) is 15.0. The predicted octanol–water partition coefficient (Wildman–Crippen LogP) is 17.3. The minimum absolute atomic E-state index is 0.317. The number of benzene rings is 11. The van der Waals surface area contributed by atoms with Gasteiger partial charge < -0.3 is 4.90 Å². The van der Waals surface area contributed by atoms with Gasteiger partial charge in [-0.05, 0) is 132 Å². The molecule has 0 spiro atoms. The van der Waals surface area contributed by atoms with Gasteiger partial charge in [0.05, 0.1) is 11.1 Å². The van der Waals surface area contributed by atoms with Crippen LogP contribution in [0.15, 0.2) is 267 Å². The molecule has 13 rings (SSSR count). The topological polar surface area (TPSA) is 3.24 Å². The van der Waals surface area contributed by atoms with Crippen molar-refractivity contribution in [2.24, 2.45) is 0 Å². The third-order valence-electron chi connectivity index (χ3n) is 15.0. The lowest BCUT2D eigenvalue weighted by Gasteiger charge is -2.35. The maximum absolute atomic E-state index is 2.49. The van der Waals surface area contributed by atoms with E-state index in [1.165, 1.54) is 94.2 Å². The Hall–Kier alpha value is -8.52. The minimum Gasteiger partial charge on any atom is -0.310 e. The van der Waals surface area contributed by atoms with Crippen molar-refractivity contribution in [3.8, 4) is 44.5 Å². The molecule has 0 heterocycles. The molecule has 2 aliphatic carbocycles. The van der Waals surface area contributed by atoms with Gasteiger partial charge in [0.25, 0.3) is 0 Å². The molecule has 0 amide bonds. The van der Waals surface area contributed by atoms with Gasteiger partial charge in [0, 0.05) is 22.4 Å². The van der Waals surface area contributed by atoms with E-state index >= 15 is 0 Å². The van der Waals surface area contributed by atoms with E-state index in [0.29, 0.717) is 0 Å². The molecule has 11 aromatic carbocycles. The molecule has 0 saturated heterocycles. The highest BCUT2D eigenvalue weighted by Crippen LogP contribution is 2.58. The Labute approximate surface area is 398 Å². The Morgan fingerprint density at radius 3 is 1.50 bits per heavy atom. The third kappa shape index (κ3) is 5.95. The minimum atomic E-state index is -0.537. The van der Waals surface area contributed by atoms with Crippen molar-refractivity contribution in [1.82, 2.24) is 0 Å². The largest absolute Gasteiger partial charge is 0.310 e. The monoisotopic (exact) mass is 865 g/mol. The van der Waals surface area contributed by atoms with Gasteiger partial charge in [-0.3, -0.25) is 0 Å². The van der Waals surface area contributed by atoms with Gasteiger partial charge >= 0.3 is 0 Å². The first-order valence-corrected chi connectivity index (χ1v) is 23.8. The molecular formula is C67H47N. The van der Waals surface area contributed by atoms with Crippen molar-refractivity contribution in [2.45, 2.75) is 17.8 Å². The van der Waals surface area contributed by atoms with Crippen molar-refractivity contribution in [3.05, 3.63) is 306 Å². The number of nitrogens with zero attached hydrogens (tertiary/aromatic N) is 1. The van der Waals surface area contributed by atoms with Gasteiger partial charge in [0.15, 0.2) is 0 Å². The lowest BCUT2D eigenvalue weighted by molar-refractivity contribution is 0.714. The Morgan fingerprint density at radius 1 is 0.294 bits per heavy atom. The maximum Gasteiger partial charge on any atom is 0.0714 e. The van der Waals surface area contributed by atoms with E-state index in [4.69, 9.17) is 0 Å². The third-order valence-corrected chi connectivity index (χ3v) is 15.0. The van der Waals surface area contributed by atoms with Crippen LogP contribution in [0.3, 0.4) is 0 Å². The summed E-state index contributed by atoms with van der Waals surface area (Å²) in [6.45, 7) is 2.40. The van der Waals surface area contributed by atoms with Gasteiger partial charge in [0.2, 0.25) is 0 Å². The molecule has 0 fully saturated rings. The van der Waals surface area contributed by atoms with Crippen LogP contribution in [0.1, 0.15) is 45.9 Å².